The van der Waals surface area contributed by atoms with Gasteiger partial charge >= 0.3 is 0 Å². The van der Waals surface area contributed by atoms with E-state index in [1.165, 1.54) is 17.7 Å². The van der Waals surface area contributed by atoms with Crippen molar-refractivity contribution >= 4 is 56.5 Å². The van der Waals surface area contributed by atoms with E-state index < -0.39 is 0 Å². The molecule has 4 rings (SSSR count). The minimum Gasteiger partial charge on any atom is -0.323 e. The highest BCUT2D eigenvalue weighted by atomic mass is 35.5. The van der Waals surface area contributed by atoms with Crippen LogP contribution in [0.15, 0.2) is 30.6 Å². The number of hydrogen-bond acceptors (Lipinski definition) is 7. The normalized spacial score (nSPS) is 11.1. The summed E-state index contributed by atoms with van der Waals surface area (Å²) in [6.45, 7) is 3.76. The third kappa shape index (κ3) is 3.21. The number of nitrogens with zero attached hydrogens (tertiary/aromatic N) is 5. The second-order valence-corrected chi connectivity index (χ2v) is 7.37. The molecule has 0 amide bonds. The van der Waals surface area contributed by atoms with Gasteiger partial charge in [-0.3, -0.25) is 0 Å². The summed E-state index contributed by atoms with van der Waals surface area (Å²) in [7, 11) is 0. The van der Waals surface area contributed by atoms with Gasteiger partial charge in [0.15, 0.2) is 11.5 Å². The summed E-state index contributed by atoms with van der Waals surface area (Å²) in [5.74, 6) is 1.98. The molecular formula is C17H12Cl2N6S. The van der Waals surface area contributed by atoms with Gasteiger partial charge in [0, 0.05) is 17.3 Å². The van der Waals surface area contributed by atoms with Crippen molar-refractivity contribution in [3.8, 4) is 10.6 Å². The summed E-state index contributed by atoms with van der Waals surface area (Å²) in [5, 5.41) is 5.00. The summed E-state index contributed by atoms with van der Waals surface area (Å²) in [6, 6.07) is 7.22. The van der Waals surface area contributed by atoms with E-state index in [0.29, 0.717) is 43.7 Å². The molecule has 3 aromatic heterocycles. The molecule has 9 heteroatoms. The van der Waals surface area contributed by atoms with E-state index in [2.05, 4.69) is 30.2 Å². The fraction of sp³-hybridized carbons (Fsp3) is 0.118. The van der Waals surface area contributed by atoms with Crippen LogP contribution < -0.4 is 5.32 Å². The highest BCUT2D eigenvalue weighted by Crippen LogP contribution is 2.40. The predicted molar refractivity (Wildman–Crippen MR) is 105 cm³/mol. The first kappa shape index (κ1) is 17.1. The molecule has 0 aliphatic carbocycles. The molecule has 0 radical (unpaired) electrons. The van der Waals surface area contributed by atoms with Crippen LogP contribution in [0.5, 0.6) is 0 Å². The molecule has 0 saturated heterocycles. The molecule has 4 aromatic rings. The lowest BCUT2D eigenvalue weighted by molar-refractivity contribution is 1.01. The van der Waals surface area contributed by atoms with Gasteiger partial charge < -0.3 is 5.32 Å². The van der Waals surface area contributed by atoms with E-state index in [1.54, 1.807) is 18.2 Å². The molecule has 0 aliphatic heterocycles. The van der Waals surface area contributed by atoms with Crippen LogP contribution in [0.3, 0.4) is 0 Å². The third-order valence-electron chi connectivity index (χ3n) is 3.58. The first-order valence-electron chi connectivity index (χ1n) is 7.66. The minimum atomic E-state index is 0.543. The summed E-state index contributed by atoms with van der Waals surface area (Å²) in [4.78, 5) is 21.8. The van der Waals surface area contributed by atoms with Gasteiger partial charge in [-0.1, -0.05) is 29.3 Å². The van der Waals surface area contributed by atoms with Crippen molar-refractivity contribution in [1.82, 2.24) is 24.9 Å². The molecule has 0 bridgehead atoms. The number of halogens is 2. The van der Waals surface area contributed by atoms with Crippen molar-refractivity contribution in [2.24, 2.45) is 0 Å². The molecule has 1 N–H and O–H groups in total. The number of nitrogens with one attached hydrogen (secondary N) is 1. The molecule has 130 valence electrons. The summed E-state index contributed by atoms with van der Waals surface area (Å²) in [5.41, 5.74) is 2.14. The maximum atomic E-state index is 6.31. The highest BCUT2D eigenvalue weighted by Gasteiger charge is 2.17. The van der Waals surface area contributed by atoms with Gasteiger partial charge in [0.1, 0.15) is 27.7 Å². The Hall–Kier alpha value is -2.35. The third-order valence-corrected chi connectivity index (χ3v) is 5.28. The molecule has 0 spiro atoms. The number of hydrogen-bond donors (Lipinski definition) is 1. The number of fused-ring (bicyclic) bond motifs is 1. The van der Waals surface area contributed by atoms with E-state index in [1.807, 2.05) is 19.9 Å². The largest absolute Gasteiger partial charge is 0.323 e. The molecular weight excluding hydrogens is 391 g/mol. The molecule has 3 heterocycles. The van der Waals surface area contributed by atoms with E-state index in [0.717, 1.165) is 10.4 Å². The summed E-state index contributed by atoms with van der Waals surface area (Å²) < 4.78 is 0.799. The SMILES string of the molecule is Cc1cc(Nc2ncnc3nc(-c4c(Cl)cccc4Cl)sc23)nc(C)n1. The van der Waals surface area contributed by atoms with Gasteiger partial charge in [-0.05, 0) is 26.0 Å². The summed E-state index contributed by atoms with van der Waals surface area (Å²) in [6.07, 6.45) is 1.46. The standard InChI is InChI=1S/C17H12Cl2N6S/c1-8-6-12(23-9(2)22-8)24-15-14-16(21-7-20-15)25-17(26-14)13-10(18)4-3-5-11(13)19/h3-7H,1-2H3,(H,20,21,22,23,24). The number of aryl methyl sites for hydroxylation is 2. The molecule has 6 nitrogen and oxygen atoms in total. The molecule has 0 saturated carbocycles. The Morgan fingerprint density at radius 2 is 1.77 bits per heavy atom. The Labute approximate surface area is 163 Å². The van der Waals surface area contributed by atoms with E-state index >= 15 is 0 Å². The maximum Gasteiger partial charge on any atom is 0.176 e. The zero-order valence-corrected chi connectivity index (χ0v) is 16.1. The number of anilines is 2. The van der Waals surface area contributed by atoms with Crippen molar-refractivity contribution < 1.29 is 0 Å². The van der Waals surface area contributed by atoms with E-state index in [4.69, 9.17) is 23.2 Å². The topological polar surface area (TPSA) is 76.5 Å². The van der Waals surface area contributed by atoms with E-state index in [9.17, 15) is 0 Å². The molecule has 0 unspecified atom stereocenters. The van der Waals surface area contributed by atoms with Crippen LogP contribution >= 0.6 is 34.5 Å². The van der Waals surface area contributed by atoms with Crippen molar-refractivity contribution in [2.75, 3.05) is 5.32 Å². The molecule has 0 aliphatic rings. The molecule has 26 heavy (non-hydrogen) atoms. The first-order valence-corrected chi connectivity index (χ1v) is 9.24. The van der Waals surface area contributed by atoms with Crippen LogP contribution in [0.2, 0.25) is 10.0 Å². The zero-order valence-electron chi connectivity index (χ0n) is 13.8. The van der Waals surface area contributed by atoms with Crippen LogP contribution in [0.4, 0.5) is 11.6 Å². The fourth-order valence-corrected chi connectivity index (χ4v) is 4.28. The molecule has 0 fully saturated rings. The first-order chi connectivity index (χ1) is 12.5. The number of benzene rings is 1. The minimum absolute atomic E-state index is 0.543. The Balaban J connectivity index is 1.81. The van der Waals surface area contributed by atoms with Crippen LogP contribution in [-0.4, -0.2) is 24.9 Å². The molecule has 1 aromatic carbocycles. The van der Waals surface area contributed by atoms with Crippen molar-refractivity contribution in [1.29, 1.82) is 0 Å². The Morgan fingerprint density at radius 1 is 1.00 bits per heavy atom. The lowest BCUT2D eigenvalue weighted by atomic mass is 10.2. The van der Waals surface area contributed by atoms with Gasteiger partial charge in [-0.15, -0.1) is 11.3 Å². The van der Waals surface area contributed by atoms with Crippen LogP contribution in [-0.2, 0) is 0 Å². The maximum absolute atomic E-state index is 6.31. The monoisotopic (exact) mass is 402 g/mol. The highest BCUT2D eigenvalue weighted by molar-refractivity contribution is 7.22. The van der Waals surface area contributed by atoms with Gasteiger partial charge in [-0.2, -0.15) is 0 Å². The number of aromatic nitrogens is 5. The fourth-order valence-electron chi connectivity index (χ4n) is 2.55. The average molecular weight is 403 g/mol. The van der Waals surface area contributed by atoms with Gasteiger partial charge in [0.05, 0.1) is 10.0 Å². The number of rotatable bonds is 3. The van der Waals surface area contributed by atoms with Crippen molar-refractivity contribution in [3.63, 3.8) is 0 Å². The van der Waals surface area contributed by atoms with Crippen LogP contribution in [0, 0.1) is 13.8 Å². The smallest absolute Gasteiger partial charge is 0.176 e. The van der Waals surface area contributed by atoms with E-state index in [-0.39, 0.29) is 0 Å². The van der Waals surface area contributed by atoms with Crippen molar-refractivity contribution in [3.05, 3.63) is 52.2 Å². The predicted octanol–water partition coefficient (Wildman–Crippen LogP) is 5.21. The Kier molecular flexibility index (Phi) is 4.44. The number of thiazole rings is 1. The van der Waals surface area contributed by atoms with Crippen LogP contribution in [0.25, 0.3) is 20.9 Å². The van der Waals surface area contributed by atoms with Crippen LogP contribution in [0.1, 0.15) is 11.5 Å². The Morgan fingerprint density at radius 3 is 2.50 bits per heavy atom. The second kappa shape index (κ2) is 6.75. The van der Waals surface area contributed by atoms with Gasteiger partial charge in [-0.25, -0.2) is 24.9 Å². The lowest BCUT2D eigenvalue weighted by Gasteiger charge is -2.06. The zero-order chi connectivity index (χ0) is 18.3. The molecule has 0 atom stereocenters. The van der Waals surface area contributed by atoms with Gasteiger partial charge in [0.25, 0.3) is 0 Å². The Bertz CT molecular complexity index is 1090. The summed E-state index contributed by atoms with van der Waals surface area (Å²) >= 11 is 14.0. The van der Waals surface area contributed by atoms with Crippen molar-refractivity contribution in [2.45, 2.75) is 13.8 Å². The lowest BCUT2D eigenvalue weighted by Crippen LogP contribution is -2.00. The second-order valence-electron chi connectivity index (χ2n) is 5.56. The average Bonchev–Trinajstić information content (AvgIpc) is 2.98. The van der Waals surface area contributed by atoms with Gasteiger partial charge in [0.2, 0.25) is 0 Å². The quantitative estimate of drug-likeness (QED) is 0.506.